The van der Waals surface area contributed by atoms with Crippen LogP contribution in [0.15, 0.2) is 48.5 Å². The molecular weight excluding hydrogens is 364 g/mol. The van der Waals surface area contributed by atoms with E-state index in [9.17, 15) is 27.2 Å². The summed E-state index contributed by atoms with van der Waals surface area (Å²) in [6.07, 6.45) is -4.65. The largest absolute Gasteiger partial charge is 0.418 e. The number of nitrogens with one attached hydrogen (secondary N) is 2. The Bertz CT molecular complexity index is 848. The number of hydrogen-bond donors (Lipinski definition) is 2. The van der Waals surface area contributed by atoms with Gasteiger partial charge < -0.3 is 10.6 Å². The van der Waals surface area contributed by atoms with E-state index in [0.717, 1.165) is 12.1 Å². The van der Waals surface area contributed by atoms with Crippen LogP contribution >= 0.6 is 0 Å². The van der Waals surface area contributed by atoms with Gasteiger partial charge in [-0.05, 0) is 32.0 Å². The second-order valence-electron chi connectivity index (χ2n) is 6.40. The SMILES string of the molecule is CC(C)(C(=O)NCc1ccccc1F)C(=O)Nc1ccccc1C(F)(F)F. The Morgan fingerprint density at radius 3 is 2.15 bits per heavy atom. The molecule has 0 fully saturated rings. The molecule has 27 heavy (non-hydrogen) atoms. The molecule has 0 aliphatic heterocycles. The summed E-state index contributed by atoms with van der Waals surface area (Å²) in [5, 5.41) is 4.58. The molecule has 2 N–H and O–H groups in total. The minimum Gasteiger partial charge on any atom is -0.351 e. The first-order chi connectivity index (χ1) is 12.5. The Hall–Kier alpha value is -2.90. The lowest BCUT2D eigenvalue weighted by molar-refractivity contribution is -0.138. The molecule has 0 aromatic heterocycles. The molecule has 2 aromatic carbocycles. The van der Waals surface area contributed by atoms with E-state index < -0.39 is 40.5 Å². The summed E-state index contributed by atoms with van der Waals surface area (Å²) in [4.78, 5) is 24.8. The van der Waals surface area contributed by atoms with Crippen molar-refractivity contribution in [2.75, 3.05) is 5.32 Å². The number of hydrogen-bond acceptors (Lipinski definition) is 2. The van der Waals surface area contributed by atoms with Crippen molar-refractivity contribution in [3.63, 3.8) is 0 Å². The Kier molecular flexibility index (Phi) is 5.88. The third-order valence-electron chi connectivity index (χ3n) is 4.01. The van der Waals surface area contributed by atoms with E-state index in [-0.39, 0.29) is 12.1 Å². The quantitative estimate of drug-likeness (QED) is 0.604. The van der Waals surface area contributed by atoms with Crippen LogP contribution in [0.5, 0.6) is 0 Å². The van der Waals surface area contributed by atoms with Crippen LogP contribution in [0.3, 0.4) is 0 Å². The Morgan fingerprint density at radius 2 is 1.52 bits per heavy atom. The lowest BCUT2D eigenvalue weighted by atomic mass is 9.90. The minimum atomic E-state index is -4.65. The second kappa shape index (κ2) is 7.77. The fourth-order valence-corrected chi connectivity index (χ4v) is 2.26. The fourth-order valence-electron chi connectivity index (χ4n) is 2.26. The standard InChI is InChI=1S/C19H18F4N2O2/c1-18(2,16(26)24-11-12-7-3-5-9-14(12)20)17(27)25-15-10-6-4-8-13(15)19(21,22)23/h3-10H,11H2,1-2H3,(H,24,26)(H,25,27). The monoisotopic (exact) mass is 382 g/mol. The second-order valence-corrected chi connectivity index (χ2v) is 6.40. The van der Waals surface area contributed by atoms with Crippen LogP contribution in [0.4, 0.5) is 23.2 Å². The summed E-state index contributed by atoms with van der Waals surface area (Å²) in [6, 6.07) is 10.3. The van der Waals surface area contributed by atoms with Gasteiger partial charge in [0.2, 0.25) is 11.8 Å². The summed E-state index contributed by atoms with van der Waals surface area (Å²) in [6.45, 7) is 2.39. The maximum absolute atomic E-state index is 13.6. The summed E-state index contributed by atoms with van der Waals surface area (Å²) in [7, 11) is 0. The molecule has 2 rings (SSSR count). The Morgan fingerprint density at radius 1 is 0.926 bits per heavy atom. The molecule has 0 unspecified atom stereocenters. The van der Waals surface area contributed by atoms with Gasteiger partial charge in [0, 0.05) is 12.1 Å². The maximum atomic E-state index is 13.6. The molecule has 0 spiro atoms. The van der Waals surface area contributed by atoms with Gasteiger partial charge in [0.1, 0.15) is 11.2 Å². The molecule has 0 aliphatic carbocycles. The van der Waals surface area contributed by atoms with Crippen molar-refractivity contribution in [1.82, 2.24) is 5.32 Å². The highest BCUT2D eigenvalue weighted by atomic mass is 19.4. The lowest BCUT2D eigenvalue weighted by Gasteiger charge is -2.24. The average Bonchev–Trinajstić information content (AvgIpc) is 2.60. The highest BCUT2D eigenvalue weighted by Gasteiger charge is 2.38. The average molecular weight is 382 g/mol. The first kappa shape index (κ1) is 20.4. The molecule has 0 radical (unpaired) electrons. The van der Waals surface area contributed by atoms with Gasteiger partial charge in [-0.1, -0.05) is 30.3 Å². The smallest absolute Gasteiger partial charge is 0.351 e. The molecule has 2 amide bonds. The molecule has 0 saturated heterocycles. The number of para-hydroxylation sites is 1. The minimum absolute atomic E-state index is 0.151. The normalized spacial score (nSPS) is 11.8. The first-order valence-electron chi connectivity index (χ1n) is 8.03. The zero-order chi connectivity index (χ0) is 20.2. The van der Waals surface area contributed by atoms with Gasteiger partial charge in [0.05, 0.1) is 11.3 Å². The number of halogens is 4. The zero-order valence-corrected chi connectivity index (χ0v) is 14.7. The molecule has 0 heterocycles. The summed E-state index contributed by atoms with van der Waals surface area (Å²) in [5.41, 5.74) is -2.90. The van der Waals surface area contributed by atoms with E-state index in [0.29, 0.717) is 0 Å². The Balaban J connectivity index is 2.11. The van der Waals surface area contributed by atoms with E-state index in [1.54, 1.807) is 6.07 Å². The predicted molar refractivity (Wildman–Crippen MR) is 92.1 cm³/mol. The number of carbonyl (C=O) groups excluding carboxylic acids is 2. The molecule has 0 atom stereocenters. The van der Waals surface area contributed by atoms with Gasteiger partial charge >= 0.3 is 6.18 Å². The third-order valence-corrected chi connectivity index (χ3v) is 4.01. The van der Waals surface area contributed by atoms with E-state index >= 15 is 0 Å². The van der Waals surface area contributed by atoms with Gasteiger partial charge in [-0.2, -0.15) is 13.2 Å². The number of alkyl halides is 3. The van der Waals surface area contributed by atoms with Crippen molar-refractivity contribution >= 4 is 17.5 Å². The third kappa shape index (κ3) is 4.84. The van der Waals surface area contributed by atoms with Gasteiger partial charge in [-0.15, -0.1) is 0 Å². The number of anilines is 1. The van der Waals surface area contributed by atoms with Crippen LogP contribution in [-0.2, 0) is 22.3 Å². The van der Waals surface area contributed by atoms with Gasteiger partial charge in [0.25, 0.3) is 0 Å². The van der Waals surface area contributed by atoms with Crippen molar-refractivity contribution in [3.8, 4) is 0 Å². The number of carbonyl (C=O) groups is 2. The van der Waals surface area contributed by atoms with Gasteiger partial charge in [-0.3, -0.25) is 9.59 Å². The molecule has 144 valence electrons. The van der Waals surface area contributed by atoms with Crippen molar-refractivity contribution in [3.05, 3.63) is 65.5 Å². The van der Waals surface area contributed by atoms with Crippen molar-refractivity contribution in [2.45, 2.75) is 26.6 Å². The van der Waals surface area contributed by atoms with Crippen LogP contribution in [-0.4, -0.2) is 11.8 Å². The van der Waals surface area contributed by atoms with E-state index in [4.69, 9.17) is 0 Å². The van der Waals surface area contributed by atoms with E-state index in [2.05, 4.69) is 10.6 Å². The molecule has 0 saturated carbocycles. The van der Waals surface area contributed by atoms with Crippen molar-refractivity contribution in [2.24, 2.45) is 5.41 Å². The number of rotatable bonds is 5. The molecular formula is C19H18F4N2O2. The van der Waals surface area contributed by atoms with Crippen LogP contribution in [0.2, 0.25) is 0 Å². The van der Waals surface area contributed by atoms with Crippen molar-refractivity contribution < 1.29 is 27.2 Å². The van der Waals surface area contributed by atoms with Crippen molar-refractivity contribution in [1.29, 1.82) is 0 Å². The lowest BCUT2D eigenvalue weighted by Crippen LogP contribution is -2.45. The van der Waals surface area contributed by atoms with E-state index in [1.165, 1.54) is 44.2 Å². The zero-order valence-electron chi connectivity index (χ0n) is 14.7. The topological polar surface area (TPSA) is 58.2 Å². The van der Waals surface area contributed by atoms with Gasteiger partial charge in [0.15, 0.2) is 0 Å². The molecule has 2 aromatic rings. The summed E-state index contributed by atoms with van der Waals surface area (Å²) >= 11 is 0. The van der Waals surface area contributed by atoms with Crippen LogP contribution in [0, 0.1) is 11.2 Å². The summed E-state index contributed by atoms with van der Waals surface area (Å²) in [5.74, 6) is -2.17. The number of amides is 2. The van der Waals surface area contributed by atoms with Crippen LogP contribution < -0.4 is 10.6 Å². The molecule has 0 aliphatic rings. The van der Waals surface area contributed by atoms with E-state index in [1.807, 2.05) is 0 Å². The predicted octanol–water partition coefficient (Wildman–Crippen LogP) is 4.13. The number of benzene rings is 2. The highest BCUT2D eigenvalue weighted by molar-refractivity contribution is 6.10. The molecule has 0 bridgehead atoms. The summed E-state index contributed by atoms with van der Waals surface area (Å²) < 4.78 is 52.7. The fraction of sp³-hybridized carbons (Fsp3) is 0.263. The Labute approximate surface area is 153 Å². The maximum Gasteiger partial charge on any atom is 0.418 e. The van der Waals surface area contributed by atoms with Crippen LogP contribution in [0.1, 0.15) is 25.0 Å². The molecule has 4 nitrogen and oxygen atoms in total. The molecule has 8 heteroatoms. The van der Waals surface area contributed by atoms with Crippen LogP contribution in [0.25, 0.3) is 0 Å². The highest BCUT2D eigenvalue weighted by Crippen LogP contribution is 2.35. The first-order valence-corrected chi connectivity index (χ1v) is 8.03. The van der Waals surface area contributed by atoms with Gasteiger partial charge in [-0.25, -0.2) is 4.39 Å².